The van der Waals surface area contributed by atoms with Gasteiger partial charge in [-0.2, -0.15) is 0 Å². The number of benzene rings is 3. The summed E-state index contributed by atoms with van der Waals surface area (Å²) in [5.41, 5.74) is 4.48. The lowest BCUT2D eigenvalue weighted by Gasteiger charge is -2.25. The van der Waals surface area contributed by atoms with Crippen LogP contribution in [-0.2, 0) is 0 Å². The summed E-state index contributed by atoms with van der Waals surface area (Å²) in [6.07, 6.45) is 0. The molecule has 4 nitrogen and oxygen atoms in total. The molecule has 3 aromatic carbocycles. The lowest BCUT2D eigenvalue weighted by atomic mass is 9.78. The topological polar surface area (TPSA) is 66.4 Å². The van der Waals surface area contributed by atoms with Crippen LogP contribution in [0.3, 0.4) is 0 Å². The third-order valence-corrected chi connectivity index (χ3v) is 5.07. The highest BCUT2D eigenvalue weighted by Crippen LogP contribution is 2.41. The van der Waals surface area contributed by atoms with E-state index in [4.69, 9.17) is 0 Å². The van der Waals surface area contributed by atoms with Gasteiger partial charge >= 0.3 is 0 Å². The van der Waals surface area contributed by atoms with Crippen LogP contribution in [0.15, 0.2) is 48.5 Å². The molecule has 134 valence electrons. The number of para-hydroxylation sites is 1. The molecule has 2 N–H and O–H groups in total. The largest absolute Gasteiger partial charge is 0.507 e. The van der Waals surface area contributed by atoms with E-state index in [9.17, 15) is 14.7 Å². The van der Waals surface area contributed by atoms with Crippen molar-refractivity contribution in [2.75, 3.05) is 5.32 Å². The molecule has 0 radical (unpaired) electrons. The van der Waals surface area contributed by atoms with E-state index in [0.717, 1.165) is 16.8 Å². The molecule has 0 bridgehead atoms. The smallest absolute Gasteiger partial charge is 0.198 e. The lowest BCUT2D eigenvalue weighted by molar-refractivity contribution is 0.0976. The Morgan fingerprint density at radius 1 is 0.704 bits per heavy atom. The normalized spacial score (nSPS) is 12.6. The predicted molar refractivity (Wildman–Crippen MR) is 105 cm³/mol. The maximum Gasteiger partial charge on any atom is 0.198 e. The van der Waals surface area contributed by atoms with Crippen LogP contribution in [0.4, 0.5) is 11.4 Å². The molecule has 0 heterocycles. The SMILES string of the molecule is Cc1cc(Nc2ccccc2)c2c(c1O)C(=O)c1c(C)ccc(C)c1C2=O. The number of phenols is 1. The number of aromatic hydroxyl groups is 1. The predicted octanol–water partition coefficient (Wildman–Crippen LogP) is 4.84. The van der Waals surface area contributed by atoms with E-state index >= 15 is 0 Å². The van der Waals surface area contributed by atoms with Crippen LogP contribution < -0.4 is 5.32 Å². The van der Waals surface area contributed by atoms with Crippen LogP contribution in [-0.4, -0.2) is 16.7 Å². The van der Waals surface area contributed by atoms with Crippen LogP contribution in [0.25, 0.3) is 0 Å². The van der Waals surface area contributed by atoms with Gasteiger partial charge in [-0.1, -0.05) is 30.3 Å². The van der Waals surface area contributed by atoms with Gasteiger partial charge < -0.3 is 10.4 Å². The average molecular weight is 357 g/mol. The molecular formula is C23H19NO3. The van der Waals surface area contributed by atoms with Gasteiger partial charge in [0.25, 0.3) is 0 Å². The van der Waals surface area contributed by atoms with Gasteiger partial charge in [-0.15, -0.1) is 0 Å². The van der Waals surface area contributed by atoms with Gasteiger partial charge in [-0.05, 0) is 55.7 Å². The molecule has 27 heavy (non-hydrogen) atoms. The minimum Gasteiger partial charge on any atom is -0.507 e. The first-order valence-corrected chi connectivity index (χ1v) is 8.78. The molecule has 0 fully saturated rings. The second kappa shape index (κ2) is 6.09. The zero-order chi connectivity index (χ0) is 19.3. The van der Waals surface area contributed by atoms with E-state index in [1.807, 2.05) is 56.3 Å². The lowest BCUT2D eigenvalue weighted by Crippen LogP contribution is -2.25. The highest BCUT2D eigenvalue weighted by molar-refractivity contribution is 6.32. The summed E-state index contributed by atoms with van der Waals surface area (Å²) in [6.45, 7) is 5.36. The van der Waals surface area contributed by atoms with Crippen LogP contribution in [0.2, 0.25) is 0 Å². The minimum absolute atomic E-state index is 0.0830. The third-order valence-electron chi connectivity index (χ3n) is 5.07. The fraction of sp³-hybridized carbons (Fsp3) is 0.130. The van der Waals surface area contributed by atoms with Crippen molar-refractivity contribution in [3.8, 4) is 5.75 Å². The number of nitrogens with one attached hydrogen (secondary N) is 1. The zero-order valence-electron chi connectivity index (χ0n) is 15.4. The fourth-order valence-electron chi connectivity index (χ4n) is 3.69. The van der Waals surface area contributed by atoms with E-state index in [-0.39, 0.29) is 28.4 Å². The molecule has 0 aromatic heterocycles. The Kier molecular flexibility index (Phi) is 3.84. The standard InChI is InChI=1S/C23H19NO3/c1-12-9-10-13(2)18-17(12)22(26)19-16(24-15-7-5-4-6-8-15)11-14(3)21(25)20(19)23(18)27/h4-11,24-25H,1-3H3. The first kappa shape index (κ1) is 17.0. The number of carbonyl (C=O) groups is 2. The fourth-order valence-corrected chi connectivity index (χ4v) is 3.69. The number of ketones is 2. The number of phenolic OH excluding ortho intramolecular Hbond substituents is 1. The van der Waals surface area contributed by atoms with Gasteiger partial charge in [-0.3, -0.25) is 9.59 Å². The Hall–Kier alpha value is -3.40. The molecule has 1 aliphatic rings. The molecule has 0 aliphatic heterocycles. The Bertz CT molecular complexity index is 1110. The quantitative estimate of drug-likeness (QED) is 0.504. The molecule has 0 saturated heterocycles. The average Bonchev–Trinajstić information content (AvgIpc) is 2.65. The monoisotopic (exact) mass is 357 g/mol. The Balaban J connectivity index is 2.00. The van der Waals surface area contributed by atoms with Crippen LogP contribution in [0, 0.1) is 20.8 Å². The summed E-state index contributed by atoms with van der Waals surface area (Å²) in [5.74, 6) is -0.679. The molecule has 4 heteroatoms. The van der Waals surface area contributed by atoms with Crippen molar-refractivity contribution >= 4 is 22.9 Å². The molecule has 0 amide bonds. The summed E-state index contributed by atoms with van der Waals surface area (Å²) >= 11 is 0. The highest BCUT2D eigenvalue weighted by atomic mass is 16.3. The Labute approximate surface area is 157 Å². The minimum atomic E-state index is -0.307. The van der Waals surface area contributed by atoms with Gasteiger partial charge in [0.15, 0.2) is 11.6 Å². The molecular weight excluding hydrogens is 338 g/mol. The maximum absolute atomic E-state index is 13.4. The first-order valence-electron chi connectivity index (χ1n) is 8.78. The first-order chi connectivity index (χ1) is 12.9. The third kappa shape index (κ3) is 2.53. The number of hydrogen-bond donors (Lipinski definition) is 2. The van der Waals surface area contributed by atoms with Gasteiger partial charge in [0, 0.05) is 16.8 Å². The number of anilines is 2. The van der Waals surface area contributed by atoms with Gasteiger partial charge in [0.05, 0.1) is 16.8 Å². The number of hydrogen-bond acceptors (Lipinski definition) is 4. The number of aryl methyl sites for hydroxylation is 3. The Morgan fingerprint density at radius 3 is 1.85 bits per heavy atom. The summed E-state index contributed by atoms with van der Waals surface area (Å²) in [6, 6.07) is 14.8. The molecule has 0 atom stereocenters. The van der Waals surface area contributed by atoms with E-state index in [2.05, 4.69) is 5.32 Å². The summed E-state index contributed by atoms with van der Waals surface area (Å²) in [7, 11) is 0. The maximum atomic E-state index is 13.4. The number of fused-ring (bicyclic) bond motifs is 2. The van der Waals surface area contributed by atoms with Crippen LogP contribution >= 0.6 is 0 Å². The van der Waals surface area contributed by atoms with Crippen molar-refractivity contribution in [2.45, 2.75) is 20.8 Å². The molecule has 1 aliphatic carbocycles. The van der Waals surface area contributed by atoms with E-state index in [1.54, 1.807) is 13.0 Å². The molecule has 4 rings (SSSR count). The van der Waals surface area contributed by atoms with Gasteiger partial charge in [-0.25, -0.2) is 0 Å². The van der Waals surface area contributed by atoms with Crippen molar-refractivity contribution < 1.29 is 14.7 Å². The zero-order valence-corrected chi connectivity index (χ0v) is 15.4. The van der Waals surface area contributed by atoms with Crippen molar-refractivity contribution in [3.05, 3.63) is 87.5 Å². The molecule has 0 unspecified atom stereocenters. The van der Waals surface area contributed by atoms with Crippen LogP contribution in [0.1, 0.15) is 48.5 Å². The second-order valence-electron chi connectivity index (χ2n) is 6.94. The molecule has 0 spiro atoms. The highest BCUT2D eigenvalue weighted by Gasteiger charge is 2.36. The Morgan fingerprint density at radius 2 is 1.26 bits per heavy atom. The van der Waals surface area contributed by atoms with E-state index in [1.165, 1.54) is 0 Å². The summed E-state index contributed by atoms with van der Waals surface area (Å²) < 4.78 is 0. The van der Waals surface area contributed by atoms with E-state index < -0.39 is 0 Å². The van der Waals surface area contributed by atoms with Crippen molar-refractivity contribution in [1.82, 2.24) is 0 Å². The van der Waals surface area contributed by atoms with Crippen molar-refractivity contribution in [3.63, 3.8) is 0 Å². The summed E-state index contributed by atoms with van der Waals surface area (Å²) in [5, 5.41) is 13.8. The van der Waals surface area contributed by atoms with Crippen molar-refractivity contribution in [2.24, 2.45) is 0 Å². The summed E-state index contributed by atoms with van der Waals surface area (Å²) in [4.78, 5) is 26.7. The van der Waals surface area contributed by atoms with Crippen LogP contribution in [0.5, 0.6) is 5.75 Å². The van der Waals surface area contributed by atoms with Gasteiger partial charge in [0.2, 0.25) is 0 Å². The van der Waals surface area contributed by atoms with Gasteiger partial charge in [0.1, 0.15) is 5.75 Å². The van der Waals surface area contributed by atoms with E-state index in [0.29, 0.717) is 22.4 Å². The molecule has 0 saturated carbocycles. The number of rotatable bonds is 2. The molecule has 3 aromatic rings. The van der Waals surface area contributed by atoms with Crippen molar-refractivity contribution in [1.29, 1.82) is 0 Å². The number of carbonyl (C=O) groups excluding carboxylic acids is 2. The second-order valence-corrected chi connectivity index (χ2v) is 6.94.